The van der Waals surface area contributed by atoms with Crippen LogP contribution in [0, 0.1) is 23.2 Å². The third-order valence-corrected chi connectivity index (χ3v) is 12.1. The Hall–Kier alpha value is -4.10. The third-order valence-electron chi connectivity index (χ3n) is 12.1. The van der Waals surface area contributed by atoms with Gasteiger partial charge in [-0.05, 0) is 90.9 Å². The molecule has 286 valence electrons. The molecule has 3 saturated carbocycles. The highest BCUT2D eigenvalue weighted by atomic mass is 16.7. The summed E-state index contributed by atoms with van der Waals surface area (Å²) in [5.74, 6) is 0.243. The maximum Gasteiger partial charge on any atom is 0.481 e. The van der Waals surface area contributed by atoms with E-state index in [1.54, 1.807) is 0 Å². The minimum Gasteiger partial charge on any atom is -0.449 e. The van der Waals surface area contributed by atoms with Crippen molar-refractivity contribution in [3.05, 3.63) is 59.7 Å². The second-order valence-electron chi connectivity index (χ2n) is 16.5. The van der Waals surface area contributed by atoms with E-state index in [0.717, 1.165) is 35.1 Å². The summed E-state index contributed by atoms with van der Waals surface area (Å²) < 4.78 is 18.9. The number of carbonyl (C=O) groups is 3. The van der Waals surface area contributed by atoms with Crippen molar-refractivity contribution >= 4 is 31.0 Å². The number of ether oxygens (including phenoxy) is 1. The average molecular weight is 729 g/mol. The number of nitrogens with one attached hydrogen (secondary N) is 3. The molecule has 2 bridgehead atoms. The fourth-order valence-electron chi connectivity index (χ4n) is 9.23. The summed E-state index contributed by atoms with van der Waals surface area (Å²) in [7, 11) is -0.575. The molecule has 0 unspecified atom stereocenters. The van der Waals surface area contributed by atoms with E-state index in [-0.39, 0.29) is 66.6 Å². The number of benzene rings is 2. The van der Waals surface area contributed by atoms with Gasteiger partial charge in [0.05, 0.1) is 17.6 Å². The van der Waals surface area contributed by atoms with Crippen molar-refractivity contribution in [2.24, 2.45) is 39.6 Å². The monoisotopic (exact) mass is 728 g/mol. The van der Waals surface area contributed by atoms with E-state index in [4.69, 9.17) is 25.5 Å². The first-order valence-corrected chi connectivity index (χ1v) is 19.3. The van der Waals surface area contributed by atoms with Gasteiger partial charge < -0.3 is 41.5 Å². The van der Waals surface area contributed by atoms with E-state index in [1.807, 2.05) is 24.3 Å². The summed E-state index contributed by atoms with van der Waals surface area (Å²) >= 11 is 0. The molecule has 5 aliphatic rings. The average Bonchev–Trinajstić information content (AvgIpc) is 3.64. The van der Waals surface area contributed by atoms with Crippen molar-refractivity contribution in [3.8, 4) is 11.1 Å². The number of hydrogen-bond acceptors (Lipinski definition) is 7. The van der Waals surface area contributed by atoms with Gasteiger partial charge in [0, 0.05) is 25.4 Å². The van der Waals surface area contributed by atoms with E-state index in [9.17, 15) is 14.4 Å². The van der Waals surface area contributed by atoms with Gasteiger partial charge in [0.1, 0.15) is 12.6 Å². The molecule has 1 saturated heterocycles. The van der Waals surface area contributed by atoms with Crippen LogP contribution in [0.25, 0.3) is 11.1 Å². The van der Waals surface area contributed by atoms with Crippen molar-refractivity contribution in [1.29, 1.82) is 0 Å². The van der Waals surface area contributed by atoms with Gasteiger partial charge in [-0.1, -0.05) is 76.2 Å². The molecule has 0 radical (unpaired) electrons. The van der Waals surface area contributed by atoms with Crippen molar-refractivity contribution < 1.29 is 28.4 Å². The van der Waals surface area contributed by atoms with E-state index in [2.05, 4.69) is 79.8 Å². The van der Waals surface area contributed by atoms with Gasteiger partial charge >= 0.3 is 13.2 Å². The molecular formula is C40H57BN6O6. The van der Waals surface area contributed by atoms with Crippen LogP contribution in [0.4, 0.5) is 4.79 Å². The van der Waals surface area contributed by atoms with Gasteiger partial charge in [0.2, 0.25) is 11.8 Å². The normalized spacial score (nSPS) is 24.6. The Morgan fingerprint density at radius 2 is 1.66 bits per heavy atom. The summed E-state index contributed by atoms with van der Waals surface area (Å²) in [6.45, 7) is 11.8. The molecule has 0 spiro atoms. The summed E-state index contributed by atoms with van der Waals surface area (Å²) in [5, 5.41) is 8.87. The highest BCUT2D eigenvalue weighted by Gasteiger charge is 2.68. The maximum atomic E-state index is 13.9. The molecule has 4 aliphatic carbocycles. The van der Waals surface area contributed by atoms with Gasteiger partial charge in [-0.25, -0.2) is 4.79 Å². The SMILES string of the molecule is CC(C)C[C@H](NC(=O)[C@H](CCCN=C(N)N)NC(=O)CCCNC(=O)OCC1c2ccccc2-c2ccccc21)B1O[C@@H]2C[C@@H]3C[C@@H](C3(C)C)[C@]2(C)O1. The predicted molar refractivity (Wildman–Crippen MR) is 206 cm³/mol. The fraction of sp³-hybridized carbons (Fsp3) is 0.600. The van der Waals surface area contributed by atoms with Gasteiger partial charge in [0.15, 0.2) is 5.96 Å². The first-order valence-electron chi connectivity index (χ1n) is 19.3. The van der Waals surface area contributed by atoms with E-state index in [0.29, 0.717) is 44.1 Å². The van der Waals surface area contributed by atoms with Crippen molar-refractivity contribution in [3.63, 3.8) is 0 Å². The van der Waals surface area contributed by atoms with Crippen LogP contribution < -0.4 is 27.4 Å². The molecule has 4 fully saturated rings. The number of rotatable bonds is 16. The first-order chi connectivity index (χ1) is 25.3. The zero-order valence-corrected chi connectivity index (χ0v) is 31.9. The van der Waals surface area contributed by atoms with Crippen LogP contribution in [-0.4, -0.2) is 74.4 Å². The number of nitrogens with zero attached hydrogens (tertiary/aromatic N) is 1. The number of nitrogens with two attached hydrogens (primary N) is 2. The van der Waals surface area contributed by atoms with E-state index >= 15 is 0 Å². The number of alkyl carbamates (subject to hydrolysis) is 1. The Kier molecular flexibility index (Phi) is 11.7. The number of aliphatic imine (C=N–C) groups is 1. The van der Waals surface area contributed by atoms with Crippen LogP contribution in [0.1, 0.15) is 96.6 Å². The molecule has 6 atom stereocenters. The van der Waals surface area contributed by atoms with Crippen LogP contribution in [0.5, 0.6) is 0 Å². The van der Waals surface area contributed by atoms with Crippen LogP contribution >= 0.6 is 0 Å². The Bertz CT molecular complexity index is 1640. The second kappa shape index (κ2) is 16.1. The number of fused-ring (bicyclic) bond motifs is 3. The summed E-state index contributed by atoms with van der Waals surface area (Å²) in [5.41, 5.74) is 15.4. The predicted octanol–water partition coefficient (Wildman–Crippen LogP) is 4.64. The molecule has 2 aromatic carbocycles. The number of carbonyl (C=O) groups excluding carboxylic acids is 3. The number of hydrogen-bond donors (Lipinski definition) is 5. The molecular weight excluding hydrogens is 671 g/mol. The molecule has 7 rings (SSSR count). The minimum absolute atomic E-state index is 0.00652. The van der Waals surface area contributed by atoms with Crippen LogP contribution in [0.3, 0.4) is 0 Å². The lowest BCUT2D eigenvalue weighted by molar-refractivity contribution is -0.199. The molecule has 13 heteroatoms. The van der Waals surface area contributed by atoms with Crippen molar-refractivity contribution in [2.45, 2.75) is 109 Å². The summed E-state index contributed by atoms with van der Waals surface area (Å²) in [6.07, 6.45) is 3.53. The lowest BCUT2D eigenvalue weighted by Crippen LogP contribution is -2.65. The lowest BCUT2D eigenvalue weighted by Gasteiger charge is -2.64. The number of guanidine groups is 1. The minimum atomic E-state index is -0.813. The summed E-state index contributed by atoms with van der Waals surface area (Å²) in [4.78, 5) is 43.7. The maximum absolute atomic E-state index is 13.9. The van der Waals surface area contributed by atoms with Crippen LogP contribution in [0.15, 0.2) is 53.5 Å². The van der Waals surface area contributed by atoms with Gasteiger partial charge in [-0.3, -0.25) is 14.6 Å². The van der Waals surface area contributed by atoms with Gasteiger partial charge in [-0.2, -0.15) is 0 Å². The second-order valence-corrected chi connectivity index (χ2v) is 16.5. The van der Waals surface area contributed by atoms with Crippen LogP contribution in [-0.2, 0) is 23.6 Å². The molecule has 1 heterocycles. The highest BCUT2D eigenvalue weighted by molar-refractivity contribution is 6.48. The first kappa shape index (κ1) is 38.6. The van der Waals surface area contributed by atoms with Crippen molar-refractivity contribution in [2.75, 3.05) is 19.7 Å². The van der Waals surface area contributed by atoms with E-state index in [1.165, 1.54) is 0 Å². The zero-order chi connectivity index (χ0) is 37.9. The Morgan fingerprint density at radius 3 is 2.30 bits per heavy atom. The third kappa shape index (κ3) is 8.36. The van der Waals surface area contributed by atoms with Gasteiger partial charge in [0.25, 0.3) is 0 Å². The quantitative estimate of drug-likeness (QED) is 0.0718. The molecule has 3 amide bonds. The molecule has 53 heavy (non-hydrogen) atoms. The van der Waals surface area contributed by atoms with Gasteiger partial charge in [-0.15, -0.1) is 0 Å². The Labute approximate surface area is 314 Å². The van der Waals surface area contributed by atoms with Crippen LogP contribution in [0.2, 0.25) is 0 Å². The van der Waals surface area contributed by atoms with E-state index < -0.39 is 24.9 Å². The zero-order valence-electron chi connectivity index (χ0n) is 31.9. The topological polar surface area (TPSA) is 179 Å². The smallest absolute Gasteiger partial charge is 0.449 e. The highest BCUT2D eigenvalue weighted by Crippen LogP contribution is 2.65. The molecule has 0 aromatic heterocycles. The molecule has 12 nitrogen and oxygen atoms in total. The summed E-state index contributed by atoms with van der Waals surface area (Å²) in [6, 6.07) is 15.5. The largest absolute Gasteiger partial charge is 0.481 e. The fourth-order valence-corrected chi connectivity index (χ4v) is 9.23. The number of amides is 3. The lowest BCUT2D eigenvalue weighted by atomic mass is 9.43. The molecule has 1 aliphatic heterocycles. The standard InChI is InChI=1S/C40H57BN6O6/c1-24(2)20-34(41-52-33-22-25-21-32(39(25,3)4)40(33,5)53-41)47-36(49)31(16-10-18-44-37(42)43)46-35(48)17-11-19-45-38(50)51-23-30-28-14-8-6-12-26(28)27-13-7-9-15-29(27)30/h6-9,12-15,24-25,30-34H,10-11,16-23H2,1-5H3,(H,45,50)(H,46,48)(H,47,49)(H4,42,43,44)/t25-,31-,32-,33+,34-,40-/m0/s1. The van der Waals surface area contributed by atoms with Crippen molar-refractivity contribution in [1.82, 2.24) is 16.0 Å². The Balaban J connectivity index is 0.998. The molecule has 7 N–H and O–H groups in total. The Morgan fingerprint density at radius 1 is 0.981 bits per heavy atom. The molecule has 2 aromatic rings.